The van der Waals surface area contributed by atoms with E-state index < -0.39 is 0 Å². The molecule has 2 aromatic rings. The molecule has 5 nitrogen and oxygen atoms in total. The molecule has 4 rings (SSSR count). The van der Waals surface area contributed by atoms with Gasteiger partial charge in [0.1, 0.15) is 5.82 Å². The van der Waals surface area contributed by atoms with Crippen LogP contribution in [0.4, 0.5) is 0 Å². The molecule has 0 radical (unpaired) electrons. The van der Waals surface area contributed by atoms with Crippen LogP contribution in [0.1, 0.15) is 38.1 Å². The summed E-state index contributed by atoms with van der Waals surface area (Å²) >= 11 is 0. The largest absolute Gasteiger partial charge is 0.381 e. The molecule has 2 N–H and O–H groups in total. The SMILES string of the molecule is C[C@H](NC(=O)[C@@H]1CC12CCOCC2)c1nc2ccccc2[nH]1. The molecular formula is C17H21N3O2. The zero-order valence-electron chi connectivity index (χ0n) is 12.8. The molecule has 1 aliphatic carbocycles. The Morgan fingerprint density at radius 2 is 2.18 bits per heavy atom. The molecule has 2 heterocycles. The van der Waals surface area contributed by atoms with Crippen molar-refractivity contribution < 1.29 is 9.53 Å². The first-order chi connectivity index (χ1) is 10.7. The number of nitrogens with zero attached hydrogens (tertiary/aromatic N) is 1. The van der Waals surface area contributed by atoms with E-state index in [1.165, 1.54) is 0 Å². The molecule has 1 spiro atoms. The monoisotopic (exact) mass is 299 g/mol. The van der Waals surface area contributed by atoms with E-state index in [1.54, 1.807) is 0 Å². The molecule has 116 valence electrons. The standard InChI is InChI=1S/C17H21N3O2/c1-11(15-19-13-4-2-3-5-14(13)20-15)18-16(21)12-10-17(12)6-8-22-9-7-17/h2-5,11-12H,6-10H2,1H3,(H,18,21)(H,19,20)/t11-,12-/m0/s1. The van der Waals surface area contributed by atoms with E-state index >= 15 is 0 Å². The lowest BCUT2D eigenvalue weighted by Gasteiger charge is -2.23. The molecule has 1 amide bonds. The minimum absolute atomic E-state index is 0.0996. The Morgan fingerprint density at radius 1 is 1.41 bits per heavy atom. The van der Waals surface area contributed by atoms with Crippen molar-refractivity contribution in [2.45, 2.75) is 32.2 Å². The van der Waals surface area contributed by atoms with Crippen LogP contribution in [0.2, 0.25) is 0 Å². The van der Waals surface area contributed by atoms with Crippen molar-refractivity contribution in [2.75, 3.05) is 13.2 Å². The zero-order valence-corrected chi connectivity index (χ0v) is 12.8. The number of carbonyl (C=O) groups excluding carboxylic acids is 1. The molecule has 0 unspecified atom stereocenters. The molecule has 1 aromatic heterocycles. The summed E-state index contributed by atoms with van der Waals surface area (Å²) in [5.74, 6) is 1.13. The Bertz CT molecular complexity index is 670. The summed E-state index contributed by atoms with van der Waals surface area (Å²) in [6.45, 7) is 3.57. The van der Waals surface area contributed by atoms with E-state index in [1.807, 2.05) is 31.2 Å². The fraction of sp³-hybridized carbons (Fsp3) is 0.529. The van der Waals surface area contributed by atoms with Gasteiger partial charge in [-0.1, -0.05) is 12.1 Å². The van der Waals surface area contributed by atoms with Crippen molar-refractivity contribution in [1.29, 1.82) is 0 Å². The number of nitrogens with one attached hydrogen (secondary N) is 2. The number of aromatic amines is 1. The first-order valence-corrected chi connectivity index (χ1v) is 8.01. The molecule has 1 aliphatic heterocycles. The summed E-state index contributed by atoms with van der Waals surface area (Å²) in [6, 6.07) is 7.82. The summed E-state index contributed by atoms with van der Waals surface area (Å²) < 4.78 is 5.41. The maximum absolute atomic E-state index is 12.5. The topological polar surface area (TPSA) is 67.0 Å². The van der Waals surface area contributed by atoms with Crippen molar-refractivity contribution in [3.05, 3.63) is 30.1 Å². The smallest absolute Gasteiger partial charge is 0.224 e. The number of para-hydroxylation sites is 2. The number of imidazole rings is 1. The van der Waals surface area contributed by atoms with Gasteiger partial charge in [0.2, 0.25) is 5.91 Å². The van der Waals surface area contributed by atoms with Gasteiger partial charge in [-0.25, -0.2) is 4.98 Å². The summed E-state index contributed by atoms with van der Waals surface area (Å²) in [4.78, 5) is 20.3. The number of benzene rings is 1. The average Bonchev–Trinajstić information content (AvgIpc) is 3.05. The van der Waals surface area contributed by atoms with E-state index in [2.05, 4.69) is 15.3 Å². The van der Waals surface area contributed by atoms with Gasteiger partial charge in [-0.05, 0) is 43.7 Å². The number of fused-ring (bicyclic) bond motifs is 1. The fourth-order valence-corrected chi connectivity index (χ4v) is 3.61. The minimum Gasteiger partial charge on any atom is -0.381 e. The summed E-state index contributed by atoms with van der Waals surface area (Å²) in [6.07, 6.45) is 3.04. The summed E-state index contributed by atoms with van der Waals surface area (Å²) in [7, 11) is 0. The number of ether oxygens (including phenoxy) is 1. The molecule has 2 fully saturated rings. The highest BCUT2D eigenvalue weighted by Gasteiger charge is 2.58. The second kappa shape index (κ2) is 5.09. The highest BCUT2D eigenvalue weighted by Crippen LogP contribution is 2.59. The molecule has 2 aliphatic rings. The molecule has 2 atom stereocenters. The van der Waals surface area contributed by atoms with Crippen LogP contribution in [-0.4, -0.2) is 29.1 Å². The van der Waals surface area contributed by atoms with Crippen molar-refractivity contribution in [2.24, 2.45) is 11.3 Å². The third kappa shape index (κ3) is 2.29. The van der Waals surface area contributed by atoms with E-state index in [-0.39, 0.29) is 23.3 Å². The number of hydrogen-bond donors (Lipinski definition) is 2. The Labute approximate surface area is 129 Å². The number of aromatic nitrogens is 2. The maximum atomic E-state index is 12.5. The van der Waals surface area contributed by atoms with E-state index in [9.17, 15) is 4.79 Å². The van der Waals surface area contributed by atoms with Crippen LogP contribution in [-0.2, 0) is 9.53 Å². The molecule has 1 saturated carbocycles. The highest BCUT2D eigenvalue weighted by atomic mass is 16.5. The van der Waals surface area contributed by atoms with Gasteiger partial charge in [-0.15, -0.1) is 0 Å². The number of H-pyrrole nitrogens is 1. The number of rotatable bonds is 3. The predicted molar refractivity (Wildman–Crippen MR) is 83.2 cm³/mol. The molecule has 0 bridgehead atoms. The van der Waals surface area contributed by atoms with E-state index in [0.717, 1.165) is 49.3 Å². The second-order valence-electron chi connectivity index (χ2n) is 6.60. The first kappa shape index (κ1) is 13.8. The minimum atomic E-state index is -0.0996. The quantitative estimate of drug-likeness (QED) is 0.915. The van der Waals surface area contributed by atoms with E-state index in [4.69, 9.17) is 4.74 Å². The van der Waals surface area contributed by atoms with Crippen LogP contribution < -0.4 is 5.32 Å². The van der Waals surface area contributed by atoms with Crippen LogP contribution in [0.3, 0.4) is 0 Å². The van der Waals surface area contributed by atoms with Crippen LogP contribution in [0, 0.1) is 11.3 Å². The normalized spacial score (nSPS) is 24.3. The van der Waals surface area contributed by atoms with Gasteiger partial charge in [-0.2, -0.15) is 0 Å². The average molecular weight is 299 g/mol. The number of hydrogen-bond acceptors (Lipinski definition) is 3. The fourth-order valence-electron chi connectivity index (χ4n) is 3.61. The molecule has 1 saturated heterocycles. The first-order valence-electron chi connectivity index (χ1n) is 8.01. The van der Waals surface area contributed by atoms with Crippen molar-refractivity contribution in [1.82, 2.24) is 15.3 Å². The zero-order chi connectivity index (χ0) is 15.2. The number of carbonyl (C=O) groups is 1. The lowest BCUT2D eigenvalue weighted by atomic mass is 9.93. The second-order valence-corrected chi connectivity index (χ2v) is 6.60. The Kier molecular flexibility index (Phi) is 3.18. The van der Waals surface area contributed by atoms with Gasteiger partial charge in [0.15, 0.2) is 0 Å². The summed E-state index contributed by atoms with van der Waals surface area (Å²) in [5.41, 5.74) is 2.16. The molecule has 5 heteroatoms. The van der Waals surface area contributed by atoms with Gasteiger partial charge in [0.25, 0.3) is 0 Å². The van der Waals surface area contributed by atoms with Gasteiger partial charge < -0.3 is 15.0 Å². The van der Waals surface area contributed by atoms with Crippen molar-refractivity contribution in [3.63, 3.8) is 0 Å². The van der Waals surface area contributed by atoms with Gasteiger partial charge in [0.05, 0.1) is 17.1 Å². The predicted octanol–water partition coefficient (Wildman–Crippen LogP) is 2.56. The Balaban J connectivity index is 1.43. The highest BCUT2D eigenvalue weighted by molar-refractivity contribution is 5.83. The molecule has 1 aromatic carbocycles. The maximum Gasteiger partial charge on any atom is 0.224 e. The Morgan fingerprint density at radius 3 is 2.95 bits per heavy atom. The van der Waals surface area contributed by atoms with Crippen LogP contribution in [0.25, 0.3) is 11.0 Å². The third-order valence-corrected chi connectivity index (χ3v) is 5.17. The third-order valence-electron chi connectivity index (χ3n) is 5.17. The van der Waals surface area contributed by atoms with Crippen LogP contribution in [0.15, 0.2) is 24.3 Å². The van der Waals surface area contributed by atoms with Crippen molar-refractivity contribution >= 4 is 16.9 Å². The molecule has 22 heavy (non-hydrogen) atoms. The van der Waals surface area contributed by atoms with Gasteiger partial charge in [0, 0.05) is 19.1 Å². The summed E-state index contributed by atoms with van der Waals surface area (Å²) in [5, 5.41) is 3.12. The lowest BCUT2D eigenvalue weighted by Crippen LogP contribution is -2.32. The van der Waals surface area contributed by atoms with Crippen molar-refractivity contribution in [3.8, 4) is 0 Å². The van der Waals surface area contributed by atoms with Crippen LogP contribution in [0.5, 0.6) is 0 Å². The molecular weight excluding hydrogens is 278 g/mol. The van der Waals surface area contributed by atoms with Crippen LogP contribution >= 0.6 is 0 Å². The van der Waals surface area contributed by atoms with Gasteiger partial charge >= 0.3 is 0 Å². The Hall–Kier alpha value is -1.88. The lowest BCUT2D eigenvalue weighted by molar-refractivity contribution is -0.124. The number of amides is 1. The van der Waals surface area contributed by atoms with E-state index in [0.29, 0.717) is 0 Å². The van der Waals surface area contributed by atoms with Gasteiger partial charge in [-0.3, -0.25) is 4.79 Å².